The van der Waals surface area contributed by atoms with Crippen molar-refractivity contribution in [1.29, 1.82) is 0 Å². The van der Waals surface area contributed by atoms with Crippen LogP contribution in [-0.4, -0.2) is 48.6 Å². The molecule has 130 valence electrons. The van der Waals surface area contributed by atoms with E-state index in [9.17, 15) is 8.42 Å². The number of benzene rings is 1. The molecule has 1 aliphatic rings. The van der Waals surface area contributed by atoms with Crippen LogP contribution >= 0.6 is 0 Å². The number of sulfone groups is 1. The van der Waals surface area contributed by atoms with E-state index in [1.165, 1.54) is 31.1 Å². The van der Waals surface area contributed by atoms with Crippen LogP contribution in [0.25, 0.3) is 11.4 Å². The minimum Gasteiger partial charge on any atom is -0.339 e. The van der Waals surface area contributed by atoms with E-state index in [4.69, 9.17) is 4.52 Å². The first-order valence-electron chi connectivity index (χ1n) is 8.31. The molecule has 0 atom stereocenters. The molecule has 0 N–H and O–H groups in total. The lowest BCUT2D eigenvalue weighted by Gasteiger charge is -2.26. The number of aryl methyl sites for hydroxylation is 1. The van der Waals surface area contributed by atoms with Crippen molar-refractivity contribution in [1.82, 2.24) is 15.0 Å². The van der Waals surface area contributed by atoms with Crippen molar-refractivity contribution in [2.45, 2.75) is 32.2 Å². The maximum atomic E-state index is 11.2. The van der Waals surface area contributed by atoms with E-state index in [1.807, 2.05) is 12.1 Å². The quantitative estimate of drug-likeness (QED) is 0.796. The molecule has 2 heterocycles. The van der Waals surface area contributed by atoms with Gasteiger partial charge < -0.3 is 4.52 Å². The first kappa shape index (κ1) is 17.1. The highest BCUT2D eigenvalue weighted by molar-refractivity contribution is 7.90. The fourth-order valence-corrected chi connectivity index (χ4v) is 3.48. The Morgan fingerprint density at radius 3 is 2.75 bits per heavy atom. The van der Waals surface area contributed by atoms with Crippen molar-refractivity contribution in [3.8, 4) is 11.4 Å². The lowest BCUT2D eigenvalue weighted by atomic mass is 10.1. The van der Waals surface area contributed by atoms with Crippen LogP contribution in [0, 0.1) is 0 Å². The molecule has 1 saturated heterocycles. The van der Waals surface area contributed by atoms with Crippen LogP contribution in [0.1, 0.15) is 30.7 Å². The summed E-state index contributed by atoms with van der Waals surface area (Å²) in [6, 6.07) is 8.15. The van der Waals surface area contributed by atoms with E-state index in [0.717, 1.165) is 25.2 Å². The number of aromatic nitrogens is 2. The Kier molecular flexibility index (Phi) is 5.30. The average molecular weight is 349 g/mol. The third-order valence-electron chi connectivity index (χ3n) is 4.19. The van der Waals surface area contributed by atoms with Gasteiger partial charge in [-0.05, 0) is 37.6 Å². The standard InChI is InChI=1S/C17H23N3O3S/c1-24(21,22)11-8-16-18-17(19-23-16)15-7-5-6-14(12-15)13-20-9-3-2-4-10-20/h5-7,12H,2-4,8-11,13H2,1H3. The molecule has 0 radical (unpaired) electrons. The van der Waals surface area contributed by atoms with E-state index in [0.29, 0.717) is 11.7 Å². The molecule has 3 rings (SSSR count). The van der Waals surface area contributed by atoms with E-state index in [1.54, 1.807) is 0 Å². The molecular formula is C17H23N3O3S. The fourth-order valence-electron chi connectivity index (χ4n) is 2.93. The first-order valence-corrected chi connectivity index (χ1v) is 10.4. The van der Waals surface area contributed by atoms with E-state index >= 15 is 0 Å². The SMILES string of the molecule is CS(=O)(=O)CCc1nc(-c2cccc(CN3CCCCC3)c2)no1. The van der Waals surface area contributed by atoms with Crippen molar-refractivity contribution in [2.24, 2.45) is 0 Å². The largest absolute Gasteiger partial charge is 0.339 e. The van der Waals surface area contributed by atoms with Crippen LogP contribution in [0.4, 0.5) is 0 Å². The summed E-state index contributed by atoms with van der Waals surface area (Å²) in [5.41, 5.74) is 2.13. The van der Waals surface area contributed by atoms with Crippen molar-refractivity contribution < 1.29 is 12.9 Å². The van der Waals surface area contributed by atoms with Gasteiger partial charge in [0, 0.05) is 24.8 Å². The zero-order valence-electron chi connectivity index (χ0n) is 13.9. The van der Waals surface area contributed by atoms with Gasteiger partial charge in [-0.15, -0.1) is 0 Å². The van der Waals surface area contributed by atoms with Crippen LogP contribution in [0.2, 0.25) is 0 Å². The molecule has 7 heteroatoms. The van der Waals surface area contributed by atoms with Gasteiger partial charge in [-0.3, -0.25) is 4.90 Å². The molecule has 0 aliphatic carbocycles. The van der Waals surface area contributed by atoms with Crippen LogP contribution in [0.15, 0.2) is 28.8 Å². The molecule has 24 heavy (non-hydrogen) atoms. The summed E-state index contributed by atoms with van der Waals surface area (Å²) >= 11 is 0. The lowest BCUT2D eigenvalue weighted by molar-refractivity contribution is 0.221. The number of hydrogen-bond acceptors (Lipinski definition) is 6. The third-order valence-corrected chi connectivity index (χ3v) is 5.14. The molecular weight excluding hydrogens is 326 g/mol. The second kappa shape index (κ2) is 7.44. The minimum atomic E-state index is -3.03. The van der Waals surface area contributed by atoms with Gasteiger partial charge in [-0.2, -0.15) is 4.98 Å². The summed E-state index contributed by atoms with van der Waals surface area (Å²) in [5.74, 6) is 0.889. The normalized spacial score (nSPS) is 16.4. The molecule has 0 unspecified atom stereocenters. The topological polar surface area (TPSA) is 76.3 Å². The maximum absolute atomic E-state index is 11.2. The Bertz CT molecular complexity index is 780. The molecule has 0 spiro atoms. The minimum absolute atomic E-state index is 0.0175. The van der Waals surface area contributed by atoms with Crippen molar-refractivity contribution in [3.05, 3.63) is 35.7 Å². The molecule has 0 bridgehead atoms. The zero-order chi connectivity index (χ0) is 17.0. The maximum Gasteiger partial charge on any atom is 0.227 e. The lowest BCUT2D eigenvalue weighted by Crippen LogP contribution is -2.29. The molecule has 1 aromatic heterocycles. The van der Waals surface area contributed by atoms with Crippen LogP contribution in [0.3, 0.4) is 0 Å². The second-order valence-corrected chi connectivity index (χ2v) is 8.69. The van der Waals surface area contributed by atoms with Gasteiger partial charge in [0.2, 0.25) is 11.7 Å². The van der Waals surface area contributed by atoms with E-state index < -0.39 is 9.84 Å². The van der Waals surface area contributed by atoms with Crippen LogP contribution < -0.4 is 0 Å². The average Bonchev–Trinajstić information content (AvgIpc) is 3.03. The highest BCUT2D eigenvalue weighted by atomic mass is 32.2. The summed E-state index contributed by atoms with van der Waals surface area (Å²) in [5, 5.41) is 3.98. The Labute approximate surface area is 142 Å². The number of nitrogens with zero attached hydrogens (tertiary/aromatic N) is 3. The summed E-state index contributed by atoms with van der Waals surface area (Å²) in [6.45, 7) is 3.25. The monoisotopic (exact) mass is 349 g/mol. The Morgan fingerprint density at radius 1 is 1.21 bits per heavy atom. The van der Waals surface area contributed by atoms with Gasteiger partial charge in [-0.25, -0.2) is 8.42 Å². The highest BCUT2D eigenvalue weighted by Gasteiger charge is 2.13. The number of rotatable bonds is 6. The van der Waals surface area contributed by atoms with Gasteiger partial charge in [0.1, 0.15) is 9.84 Å². The Balaban J connectivity index is 1.68. The molecule has 0 amide bonds. The summed E-state index contributed by atoms with van der Waals surface area (Å²) < 4.78 is 27.6. The molecule has 1 aromatic carbocycles. The molecule has 6 nitrogen and oxygen atoms in total. The Morgan fingerprint density at radius 2 is 2.00 bits per heavy atom. The fraction of sp³-hybridized carbons (Fsp3) is 0.529. The van der Waals surface area contributed by atoms with E-state index in [2.05, 4.69) is 27.2 Å². The van der Waals surface area contributed by atoms with E-state index in [-0.39, 0.29) is 12.2 Å². The van der Waals surface area contributed by atoms with Crippen LogP contribution in [-0.2, 0) is 22.8 Å². The van der Waals surface area contributed by atoms with Gasteiger partial charge in [0.05, 0.1) is 5.75 Å². The molecule has 1 aliphatic heterocycles. The third kappa shape index (κ3) is 4.88. The predicted molar refractivity (Wildman–Crippen MR) is 92.3 cm³/mol. The molecule has 0 saturated carbocycles. The zero-order valence-corrected chi connectivity index (χ0v) is 14.8. The summed E-state index contributed by atoms with van der Waals surface area (Å²) in [7, 11) is -3.03. The van der Waals surface area contributed by atoms with Crippen LogP contribution in [0.5, 0.6) is 0 Å². The first-order chi connectivity index (χ1) is 11.5. The van der Waals surface area contributed by atoms with Crippen molar-refractivity contribution >= 4 is 9.84 Å². The highest BCUT2D eigenvalue weighted by Crippen LogP contribution is 2.20. The summed E-state index contributed by atoms with van der Waals surface area (Å²) in [6.07, 6.45) is 5.33. The number of piperidine rings is 1. The second-order valence-electron chi connectivity index (χ2n) is 6.43. The van der Waals surface area contributed by atoms with Crippen molar-refractivity contribution in [2.75, 3.05) is 25.1 Å². The van der Waals surface area contributed by atoms with Gasteiger partial charge in [0.15, 0.2) is 0 Å². The molecule has 1 fully saturated rings. The van der Waals surface area contributed by atoms with Gasteiger partial charge in [0.25, 0.3) is 0 Å². The van der Waals surface area contributed by atoms with Gasteiger partial charge in [-0.1, -0.05) is 29.8 Å². The summed E-state index contributed by atoms with van der Waals surface area (Å²) in [4.78, 5) is 6.78. The Hall–Kier alpha value is -1.73. The van der Waals surface area contributed by atoms with Crippen molar-refractivity contribution in [3.63, 3.8) is 0 Å². The number of hydrogen-bond donors (Lipinski definition) is 0. The molecule has 2 aromatic rings. The number of likely N-dealkylation sites (tertiary alicyclic amines) is 1. The predicted octanol–water partition coefficient (Wildman–Crippen LogP) is 2.31. The smallest absolute Gasteiger partial charge is 0.227 e. The van der Waals surface area contributed by atoms with Gasteiger partial charge >= 0.3 is 0 Å².